The Balaban J connectivity index is 1.29. The fourth-order valence-electron chi connectivity index (χ4n) is 7.01. The second-order valence-corrected chi connectivity index (χ2v) is 12.0. The van der Waals surface area contributed by atoms with E-state index in [0.717, 1.165) is 28.4 Å². The Bertz CT molecular complexity index is 1660. The summed E-state index contributed by atoms with van der Waals surface area (Å²) in [7, 11) is 3.24. The van der Waals surface area contributed by atoms with E-state index in [1.54, 1.807) is 50.6 Å². The number of H-pyrrole nitrogens is 1. The van der Waals surface area contributed by atoms with Crippen molar-refractivity contribution in [1.29, 1.82) is 0 Å². The molecule has 6 rings (SSSR count). The Morgan fingerprint density at radius 1 is 0.978 bits per heavy atom. The molecular formula is C35H38F3N3O4. The number of rotatable bonds is 8. The second-order valence-electron chi connectivity index (χ2n) is 12.0. The summed E-state index contributed by atoms with van der Waals surface area (Å²) in [6.07, 6.45) is -3.06. The SMILES string of the molecule is COCCOc1ccc(C(=O)N2CCC3(CC2)CN(Cc2ccccc2C(F)(F)F)C(C)c2[nH]c4cc(OC)ccc4c23)cc1. The maximum Gasteiger partial charge on any atom is 0.416 e. The van der Waals surface area contributed by atoms with Crippen molar-refractivity contribution in [3.05, 3.63) is 94.7 Å². The number of nitrogens with zero attached hydrogens (tertiary/aromatic N) is 2. The predicted octanol–water partition coefficient (Wildman–Crippen LogP) is 6.97. The van der Waals surface area contributed by atoms with Crippen molar-refractivity contribution < 1.29 is 32.2 Å². The highest BCUT2D eigenvalue weighted by Gasteiger charge is 2.47. The van der Waals surface area contributed by atoms with E-state index < -0.39 is 11.7 Å². The van der Waals surface area contributed by atoms with Gasteiger partial charge in [-0.1, -0.05) is 18.2 Å². The molecule has 1 saturated heterocycles. The Kier molecular flexibility index (Phi) is 8.54. The fourth-order valence-corrected chi connectivity index (χ4v) is 7.01. The maximum atomic E-state index is 14.0. The van der Waals surface area contributed by atoms with Crippen LogP contribution in [0.2, 0.25) is 0 Å². The molecule has 2 aliphatic heterocycles. The molecule has 7 nitrogen and oxygen atoms in total. The number of nitrogens with one attached hydrogen (secondary N) is 1. The molecule has 2 aliphatic rings. The molecule has 4 aromatic rings. The van der Waals surface area contributed by atoms with E-state index in [1.165, 1.54) is 11.6 Å². The molecule has 0 radical (unpaired) electrons. The minimum absolute atomic E-state index is 0.0442. The molecule has 45 heavy (non-hydrogen) atoms. The van der Waals surface area contributed by atoms with E-state index in [1.807, 2.05) is 17.0 Å². The fraction of sp³-hybridized carbons (Fsp3) is 0.400. The molecule has 0 bridgehead atoms. The van der Waals surface area contributed by atoms with Crippen LogP contribution >= 0.6 is 0 Å². The third-order valence-electron chi connectivity index (χ3n) is 9.40. The highest BCUT2D eigenvalue weighted by Crippen LogP contribution is 2.50. The number of carbonyl (C=O) groups excluding carboxylic acids is 1. The van der Waals surface area contributed by atoms with Crippen LogP contribution in [-0.2, 0) is 22.9 Å². The lowest BCUT2D eigenvalue weighted by Gasteiger charge is -2.50. The van der Waals surface area contributed by atoms with Crippen LogP contribution in [0, 0.1) is 0 Å². The van der Waals surface area contributed by atoms with E-state index in [0.29, 0.717) is 57.0 Å². The van der Waals surface area contributed by atoms with Crippen LogP contribution < -0.4 is 9.47 Å². The summed E-state index contributed by atoms with van der Waals surface area (Å²) in [5, 5.41) is 1.09. The number of hydrogen-bond donors (Lipinski definition) is 1. The quantitative estimate of drug-likeness (QED) is 0.215. The third kappa shape index (κ3) is 6.01. The van der Waals surface area contributed by atoms with Crippen LogP contribution in [0.15, 0.2) is 66.7 Å². The molecule has 1 atom stereocenters. The average Bonchev–Trinajstić information content (AvgIpc) is 3.44. The molecule has 0 aliphatic carbocycles. The van der Waals surface area contributed by atoms with Crippen LogP contribution in [0.3, 0.4) is 0 Å². The largest absolute Gasteiger partial charge is 0.497 e. The lowest BCUT2D eigenvalue weighted by molar-refractivity contribution is -0.138. The molecule has 1 N–H and O–H groups in total. The van der Waals surface area contributed by atoms with Crippen molar-refractivity contribution in [2.75, 3.05) is 47.1 Å². The molecule has 3 aromatic carbocycles. The number of aromatic amines is 1. The average molecular weight is 622 g/mol. The molecule has 3 heterocycles. The van der Waals surface area contributed by atoms with Gasteiger partial charge in [-0.3, -0.25) is 9.69 Å². The summed E-state index contributed by atoms with van der Waals surface area (Å²) in [4.78, 5) is 21.2. The molecule has 1 unspecified atom stereocenters. The number of amides is 1. The lowest BCUT2D eigenvalue weighted by atomic mass is 9.68. The summed E-state index contributed by atoms with van der Waals surface area (Å²) >= 11 is 0. The number of aromatic nitrogens is 1. The minimum Gasteiger partial charge on any atom is -0.497 e. The van der Waals surface area contributed by atoms with Gasteiger partial charge >= 0.3 is 6.18 Å². The summed E-state index contributed by atoms with van der Waals surface area (Å²) in [6.45, 7) is 4.78. The predicted molar refractivity (Wildman–Crippen MR) is 166 cm³/mol. The summed E-state index contributed by atoms with van der Waals surface area (Å²) in [5.41, 5.74) is 3.06. The molecule has 1 fully saturated rings. The monoisotopic (exact) mass is 621 g/mol. The second kappa shape index (κ2) is 12.4. The van der Waals surface area contributed by atoms with E-state index in [-0.39, 0.29) is 29.5 Å². The van der Waals surface area contributed by atoms with Crippen LogP contribution in [0.4, 0.5) is 13.2 Å². The number of piperidine rings is 1. The highest BCUT2D eigenvalue weighted by molar-refractivity contribution is 5.94. The number of methoxy groups -OCH3 is 2. The minimum atomic E-state index is -4.43. The van der Waals surface area contributed by atoms with Gasteiger partial charge in [0.1, 0.15) is 18.1 Å². The number of alkyl halides is 3. The van der Waals surface area contributed by atoms with Crippen molar-refractivity contribution >= 4 is 16.8 Å². The van der Waals surface area contributed by atoms with Gasteiger partial charge in [-0.25, -0.2) is 0 Å². The Morgan fingerprint density at radius 2 is 1.69 bits per heavy atom. The summed E-state index contributed by atoms with van der Waals surface area (Å²) < 4.78 is 58.0. The maximum absolute atomic E-state index is 14.0. The van der Waals surface area contributed by atoms with Crippen LogP contribution in [-0.4, -0.2) is 67.8 Å². The zero-order chi connectivity index (χ0) is 31.8. The van der Waals surface area contributed by atoms with Crippen molar-refractivity contribution in [1.82, 2.24) is 14.8 Å². The van der Waals surface area contributed by atoms with Gasteiger partial charge in [0.25, 0.3) is 5.91 Å². The zero-order valence-corrected chi connectivity index (χ0v) is 25.7. The number of likely N-dealkylation sites (tertiary alicyclic amines) is 1. The van der Waals surface area contributed by atoms with Crippen LogP contribution in [0.25, 0.3) is 10.9 Å². The van der Waals surface area contributed by atoms with Gasteiger partial charge in [0.15, 0.2) is 0 Å². The molecule has 1 amide bonds. The summed E-state index contributed by atoms with van der Waals surface area (Å²) in [6, 6.07) is 18.8. The Morgan fingerprint density at radius 3 is 2.38 bits per heavy atom. The smallest absolute Gasteiger partial charge is 0.416 e. The van der Waals surface area contributed by atoms with E-state index in [2.05, 4.69) is 22.9 Å². The van der Waals surface area contributed by atoms with Gasteiger partial charge in [0, 0.05) is 73.0 Å². The number of hydrogen-bond acceptors (Lipinski definition) is 5. The third-order valence-corrected chi connectivity index (χ3v) is 9.40. The first-order valence-corrected chi connectivity index (χ1v) is 15.2. The molecule has 10 heteroatoms. The van der Waals surface area contributed by atoms with Gasteiger partial charge in [-0.2, -0.15) is 13.2 Å². The van der Waals surface area contributed by atoms with Crippen molar-refractivity contribution in [2.45, 2.75) is 43.9 Å². The van der Waals surface area contributed by atoms with Crippen LogP contribution in [0.5, 0.6) is 11.5 Å². The number of benzene rings is 3. The zero-order valence-electron chi connectivity index (χ0n) is 25.7. The normalized spacial score (nSPS) is 18.3. The number of carbonyl (C=O) groups is 1. The Labute approximate surface area is 260 Å². The van der Waals surface area contributed by atoms with Crippen molar-refractivity contribution in [3.63, 3.8) is 0 Å². The molecular weight excluding hydrogens is 583 g/mol. The standard InChI is InChI=1S/C35H38F3N3O4/c1-23-32-31(28-13-12-27(44-3)20-30(28)39-32)34(22-41(23)21-25-6-4-5-7-29(25)35(36,37)38)14-16-40(17-15-34)33(42)24-8-10-26(11-9-24)45-19-18-43-2/h4-13,20,23,39H,14-19,21-22H2,1-3H3. The topological polar surface area (TPSA) is 67.0 Å². The first-order valence-electron chi connectivity index (χ1n) is 15.2. The number of fused-ring (bicyclic) bond motifs is 4. The van der Waals surface area contributed by atoms with Gasteiger partial charge in [0.05, 0.1) is 19.3 Å². The van der Waals surface area contributed by atoms with Crippen LogP contribution in [0.1, 0.15) is 58.5 Å². The van der Waals surface area contributed by atoms with Crippen molar-refractivity contribution in [2.24, 2.45) is 0 Å². The van der Waals surface area contributed by atoms with Crippen molar-refractivity contribution in [3.8, 4) is 11.5 Å². The first kappa shape index (κ1) is 31.0. The van der Waals surface area contributed by atoms with E-state index in [4.69, 9.17) is 14.2 Å². The Hall–Kier alpha value is -4.02. The molecule has 1 aromatic heterocycles. The van der Waals surface area contributed by atoms with Gasteiger partial charge in [-0.05, 0) is 73.4 Å². The first-order chi connectivity index (χ1) is 21.6. The lowest BCUT2D eigenvalue weighted by Crippen LogP contribution is -2.53. The van der Waals surface area contributed by atoms with E-state index >= 15 is 0 Å². The molecule has 0 saturated carbocycles. The molecule has 238 valence electrons. The highest BCUT2D eigenvalue weighted by atomic mass is 19.4. The summed E-state index contributed by atoms with van der Waals surface area (Å²) in [5.74, 6) is 1.36. The van der Waals surface area contributed by atoms with Gasteiger partial charge < -0.3 is 24.1 Å². The van der Waals surface area contributed by atoms with Gasteiger partial charge in [0.2, 0.25) is 0 Å². The van der Waals surface area contributed by atoms with E-state index in [9.17, 15) is 18.0 Å². The number of ether oxygens (including phenoxy) is 3. The molecule has 1 spiro atoms. The van der Waals surface area contributed by atoms with Gasteiger partial charge in [-0.15, -0.1) is 0 Å². The number of halogens is 3.